The molecule has 1 aliphatic rings. The fourth-order valence-electron chi connectivity index (χ4n) is 3.45. The Bertz CT molecular complexity index is 784. The van der Waals surface area contributed by atoms with Gasteiger partial charge in [0.2, 0.25) is 0 Å². The number of thiazole rings is 1. The minimum absolute atomic E-state index is 0.582. The number of ether oxygens (including phenoxy) is 1. The van der Waals surface area contributed by atoms with E-state index in [0.29, 0.717) is 12.5 Å². The standard InChI is InChI=1S/C21H31N5OS/c1-5-22-21(24-13-20-25-15(2)16(3)28-20)23-12-17-10-11-26(14-17)18-8-6-7-9-19(18)27-4/h6-9,17H,5,10-14H2,1-4H3,(H2,22,23,24). The van der Waals surface area contributed by atoms with Gasteiger partial charge in [0.15, 0.2) is 5.96 Å². The highest BCUT2D eigenvalue weighted by molar-refractivity contribution is 7.11. The van der Waals surface area contributed by atoms with Crippen molar-refractivity contribution in [1.82, 2.24) is 15.6 Å². The molecule has 28 heavy (non-hydrogen) atoms. The largest absolute Gasteiger partial charge is 0.495 e. The van der Waals surface area contributed by atoms with Crippen molar-refractivity contribution in [2.24, 2.45) is 10.9 Å². The zero-order valence-electron chi connectivity index (χ0n) is 17.3. The van der Waals surface area contributed by atoms with Crippen molar-refractivity contribution < 1.29 is 4.74 Å². The van der Waals surface area contributed by atoms with Crippen LogP contribution in [0, 0.1) is 19.8 Å². The Balaban J connectivity index is 1.54. The Morgan fingerprint density at radius 2 is 2.14 bits per heavy atom. The molecule has 1 aromatic heterocycles. The first-order valence-electron chi connectivity index (χ1n) is 9.93. The van der Waals surface area contributed by atoms with Gasteiger partial charge in [-0.05, 0) is 45.2 Å². The summed E-state index contributed by atoms with van der Waals surface area (Å²) in [5, 5.41) is 7.92. The van der Waals surface area contributed by atoms with Crippen LogP contribution in [-0.4, -0.2) is 44.2 Å². The monoisotopic (exact) mass is 401 g/mol. The lowest BCUT2D eigenvalue weighted by Crippen LogP contribution is -2.40. The van der Waals surface area contributed by atoms with Gasteiger partial charge < -0.3 is 20.3 Å². The van der Waals surface area contributed by atoms with Crippen LogP contribution < -0.4 is 20.3 Å². The van der Waals surface area contributed by atoms with E-state index in [9.17, 15) is 0 Å². The number of rotatable bonds is 7. The maximum absolute atomic E-state index is 5.52. The van der Waals surface area contributed by atoms with Crippen molar-refractivity contribution in [3.63, 3.8) is 0 Å². The number of methoxy groups -OCH3 is 1. The number of benzene rings is 1. The zero-order chi connectivity index (χ0) is 19.9. The minimum Gasteiger partial charge on any atom is -0.495 e. The second-order valence-electron chi connectivity index (χ2n) is 7.10. The Kier molecular flexibility index (Phi) is 7.14. The van der Waals surface area contributed by atoms with Crippen molar-refractivity contribution in [3.05, 3.63) is 39.8 Å². The van der Waals surface area contributed by atoms with Crippen molar-refractivity contribution in [3.8, 4) is 5.75 Å². The zero-order valence-corrected chi connectivity index (χ0v) is 18.1. The number of guanidine groups is 1. The molecule has 0 spiro atoms. The molecule has 0 aliphatic carbocycles. The first-order chi connectivity index (χ1) is 13.6. The van der Waals surface area contributed by atoms with Crippen molar-refractivity contribution in [2.45, 2.75) is 33.7 Å². The average Bonchev–Trinajstić information content (AvgIpc) is 3.30. The lowest BCUT2D eigenvalue weighted by atomic mass is 10.1. The number of hydrogen-bond acceptors (Lipinski definition) is 5. The second-order valence-corrected chi connectivity index (χ2v) is 8.39. The van der Waals surface area contributed by atoms with Gasteiger partial charge in [-0.3, -0.25) is 0 Å². The number of hydrogen-bond donors (Lipinski definition) is 2. The normalized spacial score (nSPS) is 17.1. The quantitative estimate of drug-likeness (QED) is 0.550. The van der Waals surface area contributed by atoms with Crippen molar-refractivity contribution >= 4 is 23.0 Å². The summed E-state index contributed by atoms with van der Waals surface area (Å²) in [7, 11) is 1.73. The molecule has 1 aliphatic heterocycles. The van der Waals surface area contributed by atoms with E-state index in [4.69, 9.17) is 9.73 Å². The van der Waals surface area contributed by atoms with E-state index in [1.807, 2.05) is 12.1 Å². The van der Waals surface area contributed by atoms with Gasteiger partial charge in [-0.2, -0.15) is 0 Å². The van der Waals surface area contributed by atoms with Crippen LogP contribution in [0.25, 0.3) is 0 Å². The van der Waals surface area contributed by atoms with Gasteiger partial charge in [0.1, 0.15) is 10.8 Å². The summed E-state index contributed by atoms with van der Waals surface area (Å²) in [6, 6.07) is 8.25. The third-order valence-corrected chi connectivity index (χ3v) is 6.12. The molecule has 1 unspecified atom stereocenters. The predicted octanol–water partition coefficient (Wildman–Crippen LogP) is 3.35. The summed E-state index contributed by atoms with van der Waals surface area (Å²) in [4.78, 5) is 13.0. The summed E-state index contributed by atoms with van der Waals surface area (Å²) in [5.74, 6) is 2.39. The fourth-order valence-corrected chi connectivity index (χ4v) is 4.30. The molecule has 6 nitrogen and oxygen atoms in total. The van der Waals surface area contributed by atoms with Crippen LogP contribution in [0.2, 0.25) is 0 Å². The molecular formula is C21H31N5OS. The maximum Gasteiger partial charge on any atom is 0.191 e. The van der Waals surface area contributed by atoms with Gasteiger partial charge in [-0.15, -0.1) is 11.3 Å². The number of para-hydroxylation sites is 2. The summed E-state index contributed by atoms with van der Waals surface area (Å²) < 4.78 is 5.52. The molecule has 0 bridgehead atoms. The number of aromatic nitrogens is 1. The Morgan fingerprint density at radius 3 is 2.86 bits per heavy atom. The van der Waals surface area contributed by atoms with E-state index in [1.54, 1.807) is 18.4 Å². The molecule has 2 aromatic rings. The highest BCUT2D eigenvalue weighted by Crippen LogP contribution is 2.31. The molecule has 0 radical (unpaired) electrons. The van der Waals surface area contributed by atoms with Gasteiger partial charge in [-0.25, -0.2) is 9.98 Å². The molecule has 0 amide bonds. The van der Waals surface area contributed by atoms with E-state index in [1.165, 1.54) is 10.6 Å². The Hall–Kier alpha value is -2.28. The van der Waals surface area contributed by atoms with E-state index >= 15 is 0 Å². The molecule has 1 fully saturated rings. The molecule has 2 N–H and O–H groups in total. The van der Waals surface area contributed by atoms with Crippen LogP contribution in [-0.2, 0) is 6.54 Å². The van der Waals surface area contributed by atoms with Gasteiger partial charge in [0, 0.05) is 31.1 Å². The van der Waals surface area contributed by atoms with Crippen LogP contribution >= 0.6 is 11.3 Å². The highest BCUT2D eigenvalue weighted by atomic mass is 32.1. The molecule has 152 valence electrons. The topological polar surface area (TPSA) is 61.8 Å². The second kappa shape index (κ2) is 9.78. The molecule has 2 heterocycles. The Morgan fingerprint density at radius 1 is 1.32 bits per heavy atom. The fraction of sp³-hybridized carbons (Fsp3) is 0.524. The lowest BCUT2D eigenvalue weighted by Gasteiger charge is -2.21. The van der Waals surface area contributed by atoms with Crippen molar-refractivity contribution in [2.75, 3.05) is 38.2 Å². The number of anilines is 1. The first kappa shape index (κ1) is 20.5. The summed E-state index contributed by atoms with van der Waals surface area (Å²) in [6.07, 6.45) is 1.16. The minimum atomic E-state index is 0.582. The van der Waals surface area contributed by atoms with E-state index in [-0.39, 0.29) is 0 Å². The molecule has 3 rings (SSSR count). The third kappa shape index (κ3) is 5.16. The maximum atomic E-state index is 5.52. The molecular weight excluding hydrogens is 370 g/mol. The lowest BCUT2D eigenvalue weighted by molar-refractivity contribution is 0.414. The average molecular weight is 402 g/mol. The number of aryl methyl sites for hydroxylation is 2. The van der Waals surface area contributed by atoms with Gasteiger partial charge in [-0.1, -0.05) is 12.1 Å². The van der Waals surface area contributed by atoms with Crippen LogP contribution in [0.3, 0.4) is 0 Å². The highest BCUT2D eigenvalue weighted by Gasteiger charge is 2.24. The van der Waals surface area contributed by atoms with Gasteiger partial charge in [0.05, 0.1) is 25.0 Å². The van der Waals surface area contributed by atoms with Gasteiger partial charge in [0.25, 0.3) is 0 Å². The van der Waals surface area contributed by atoms with Crippen LogP contribution in [0.15, 0.2) is 29.3 Å². The SMILES string of the molecule is CCNC(=NCc1nc(C)c(C)s1)NCC1CCN(c2ccccc2OC)C1. The molecule has 1 aromatic carbocycles. The summed E-state index contributed by atoms with van der Waals surface area (Å²) in [5.41, 5.74) is 2.29. The van der Waals surface area contributed by atoms with Crippen molar-refractivity contribution in [1.29, 1.82) is 0 Å². The molecule has 0 saturated carbocycles. The number of nitrogens with one attached hydrogen (secondary N) is 2. The molecule has 1 saturated heterocycles. The van der Waals surface area contributed by atoms with E-state index in [2.05, 4.69) is 53.4 Å². The third-order valence-electron chi connectivity index (χ3n) is 5.06. The van der Waals surface area contributed by atoms with Crippen LogP contribution in [0.4, 0.5) is 5.69 Å². The first-order valence-corrected chi connectivity index (χ1v) is 10.8. The van der Waals surface area contributed by atoms with Gasteiger partial charge >= 0.3 is 0 Å². The van der Waals surface area contributed by atoms with E-state index < -0.39 is 0 Å². The molecule has 1 atom stereocenters. The summed E-state index contributed by atoms with van der Waals surface area (Å²) >= 11 is 1.73. The number of aliphatic imine (C=N–C) groups is 1. The smallest absolute Gasteiger partial charge is 0.191 e. The van der Waals surface area contributed by atoms with Crippen LogP contribution in [0.1, 0.15) is 28.9 Å². The molecule has 7 heteroatoms. The Labute approximate surface area is 172 Å². The van der Waals surface area contributed by atoms with E-state index in [0.717, 1.165) is 55.0 Å². The summed E-state index contributed by atoms with van der Waals surface area (Å²) in [6.45, 7) is 10.7. The van der Waals surface area contributed by atoms with Crippen LogP contribution in [0.5, 0.6) is 5.75 Å². The number of nitrogens with zero attached hydrogens (tertiary/aromatic N) is 3. The predicted molar refractivity (Wildman–Crippen MR) is 118 cm³/mol.